The van der Waals surface area contributed by atoms with Crippen molar-refractivity contribution < 1.29 is 9.53 Å². The molecular formula is C9H16O2. The van der Waals surface area contributed by atoms with Gasteiger partial charge in [-0.1, -0.05) is 20.8 Å². The van der Waals surface area contributed by atoms with Crippen molar-refractivity contribution in [2.45, 2.75) is 34.1 Å². The second-order valence-electron chi connectivity index (χ2n) is 2.68. The smallest absolute Gasteiger partial charge is 0.313 e. The van der Waals surface area contributed by atoms with Gasteiger partial charge < -0.3 is 4.74 Å². The van der Waals surface area contributed by atoms with E-state index in [0.717, 1.165) is 12.2 Å². The Morgan fingerprint density at radius 3 is 2.36 bits per heavy atom. The average Bonchev–Trinajstić information content (AvgIpc) is 1.99. The van der Waals surface area contributed by atoms with Crippen LogP contribution < -0.4 is 0 Å². The van der Waals surface area contributed by atoms with Crippen LogP contribution in [0.4, 0.5) is 0 Å². The molecule has 0 atom stereocenters. The highest BCUT2D eigenvalue weighted by Gasteiger charge is 2.09. The van der Waals surface area contributed by atoms with Crippen molar-refractivity contribution in [3.05, 3.63) is 11.8 Å². The van der Waals surface area contributed by atoms with Gasteiger partial charge in [0.25, 0.3) is 0 Å². The molecule has 0 radical (unpaired) electrons. The lowest BCUT2D eigenvalue weighted by molar-refractivity contribution is -0.143. The van der Waals surface area contributed by atoms with E-state index in [1.165, 1.54) is 0 Å². The molecule has 0 saturated heterocycles. The molecule has 0 aromatic heterocycles. The fourth-order valence-corrected chi connectivity index (χ4v) is 0.582. The van der Waals surface area contributed by atoms with E-state index in [1.54, 1.807) is 0 Å². The molecule has 0 bridgehead atoms. The van der Waals surface area contributed by atoms with Crippen molar-refractivity contribution in [3.63, 3.8) is 0 Å². The van der Waals surface area contributed by atoms with Crippen LogP contribution in [0.5, 0.6) is 0 Å². The first-order valence-electron chi connectivity index (χ1n) is 3.98. The van der Waals surface area contributed by atoms with Gasteiger partial charge in [0, 0.05) is 6.42 Å². The van der Waals surface area contributed by atoms with E-state index in [0.29, 0.717) is 0 Å². The Bertz CT molecular complexity index is 157. The first-order chi connectivity index (χ1) is 5.11. The summed E-state index contributed by atoms with van der Waals surface area (Å²) in [5, 5.41) is 0. The SMILES string of the molecule is CC=C(CC)OC(=O)C(C)C. The maximum Gasteiger partial charge on any atom is 0.313 e. The second-order valence-corrected chi connectivity index (χ2v) is 2.68. The molecule has 0 aliphatic carbocycles. The highest BCUT2D eigenvalue weighted by atomic mass is 16.5. The zero-order chi connectivity index (χ0) is 8.85. The highest BCUT2D eigenvalue weighted by molar-refractivity contribution is 5.72. The molecule has 2 heteroatoms. The van der Waals surface area contributed by atoms with Crippen LogP contribution in [-0.2, 0) is 9.53 Å². The predicted molar refractivity (Wildman–Crippen MR) is 45.0 cm³/mol. The molecule has 0 aromatic carbocycles. The van der Waals surface area contributed by atoms with Crippen molar-refractivity contribution in [1.82, 2.24) is 0 Å². The fourth-order valence-electron chi connectivity index (χ4n) is 0.582. The molecule has 0 heterocycles. The summed E-state index contributed by atoms with van der Waals surface area (Å²) in [6, 6.07) is 0. The van der Waals surface area contributed by atoms with Gasteiger partial charge in [-0.2, -0.15) is 0 Å². The average molecular weight is 156 g/mol. The number of hydrogen-bond acceptors (Lipinski definition) is 2. The quantitative estimate of drug-likeness (QED) is 0.463. The van der Waals surface area contributed by atoms with Crippen molar-refractivity contribution in [2.75, 3.05) is 0 Å². The molecule has 2 nitrogen and oxygen atoms in total. The molecule has 0 saturated carbocycles. The van der Waals surface area contributed by atoms with Crippen LogP contribution in [-0.4, -0.2) is 5.97 Å². The topological polar surface area (TPSA) is 26.3 Å². The molecule has 0 N–H and O–H groups in total. The lowest BCUT2D eigenvalue weighted by atomic mass is 10.2. The second kappa shape index (κ2) is 4.94. The normalized spacial score (nSPS) is 11.9. The minimum Gasteiger partial charge on any atom is -0.431 e. The summed E-state index contributed by atoms with van der Waals surface area (Å²) in [5.41, 5.74) is 0. The van der Waals surface area contributed by atoms with Crippen LogP contribution in [0.25, 0.3) is 0 Å². The van der Waals surface area contributed by atoms with Crippen LogP contribution >= 0.6 is 0 Å². The molecule has 11 heavy (non-hydrogen) atoms. The van der Waals surface area contributed by atoms with Gasteiger partial charge in [-0.3, -0.25) is 4.79 Å². The van der Waals surface area contributed by atoms with Gasteiger partial charge in [0.05, 0.1) is 5.92 Å². The number of rotatable bonds is 3. The standard InChI is InChI=1S/C9H16O2/c1-5-8(6-2)11-9(10)7(3)4/h5,7H,6H2,1-4H3. The summed E-state index contributed by atoms with van der Waals surface area (Å²) in [6.45, 7) is 7.48. The third-order valence-electron chi connectivity index (χ3n) is 1.37. The first-order valence-corrected chi connectivity index (χ1v) is 3.98. The number of allylic oxidation sites excluding steroid dienone is 2. The molecular weight excluding hydrogens is 140 g/mol. The molecule has 0 amide bonds. The molecule has 0 aliphatic heterocycles. The van der Waals surface area contributed by atoms with E-state index >= 15 is 0 Å². The van der Waals surface area contributed by atoms with Gasteiger partial charge in [0.2, 0.25) is 0 Å². The van der Waals surface area contributed by atoms with E-state index in [2.05, 4.69) is 0 Å². The van der Waals surface area contributed by atoms with Gasteiger partial charge >= 0.3 is 5.97 Å². The molecule has 0 aromatic rings. The largest absolute Gasteiger partial charge is 0.431 e. The Labute approximate surface area is 68.2 Å². The van der Waals surface area contributed by atoms with E-state index in [4.69, 9.17) is 4.74 Å². The van der Waals surface area contributed by atoms with Crippen molar-refractivity contribution in [3.8, 4) is 0 Å². The van der Waals surface area contributed by atoms with Gasteiger partial charge in [-0.15, -0.1) is 0 Å². The minimum absolute atomic E-state index is 0.0449. The number of esters is 1. The van der Waals surface area contributed by atoms with Gasteiger partial charge in [-0.05, 0) is 13.0 Å². The molecule has 0 aliphatic rings. The van der Waals surface area contributed by atoms with E-state index in [9.17, 15) is 4.79 Å². The van der Waals surface area contributed by atoms with Gasteiger partial charge in [0.15, 0.2) is 0 Å². The Kier molecular flexibility index (Phi) is 4.59. The summed E-state index contributed by atoms with van der Waals surface area (Å²) in [4.78, 5) is 11.0. The Balaban J connectivity index is 3.93. The number of ether oxygens (including phenoxy) is 1. The first kappa shape index (κ1) is 10.2. The van der Waals surface area contributed by atoms with Gasteiger partial charge in [0.1, 0.15) is 5.76 Å². The monoisotopic (exact) mass is 156 g/mol. The van der Waals surface area contributed by atoms with Crippen LogP contribution in [0.15, 0.2) is 11.8 Å². The molecule has 0 fully saturated rings. The maximum atomic E-state index is 11.0. The van der Waals surface area contributed by atoms with Crippen LogP contribution in [0.1, 0.15) is 34.1 Å². The molecule has 0 rings (SSSR count). The lowest BCUT2D eigenvalue weighted by Crippen LogP contribution is -2.10. The molecule has 0 spiro atoms. The lowest BCUT2D eigenvalue weighted by Gasteiger charge is -2.07. The zero-order valence-electron chi connectivity index (χ0n) is 7.68. The number of hydrogen-bond donors (Lipinski definition) is 0. The van der Waals surface area contributed by atoms with E-state index in [1.807, 2.05) is 33.8 Å². The maximum absolute atomic E-state index is 11.0. The summed E-state index contributed by atoms with van der Waals surface area (Å²) in [5.74, 6) is 0.556. The Morgan fingerprint density at radius 1 is 1.55 bits per heavy atom. The van der Waals surface area contributed by atoms with Crippen LogP contribution in [0, 0.1) is 5.92 Å². The fraction of sp³-hybridized carbons (Fsp3) is 0.667. The molecule has 64 valence electrons. The van der Waals surface area contributed by atoms with E-state index < -0.39 is 0 Å². The molecule has 0 unspecified atom stereocenters. The Hall–Kier alpha value is -0.790. The number of carbonyl (C=O) groups is 1. The zero-order valence-corrected chi connectivity index (χ0v) is 7.68. The predicted octanol–water partition coefficient (Wildman–Crippen LogP) is 2.50. The van der Waals surface area contributed by atoms with Crippen molar-refractivity contribution in [1.29, 1.82) is 0 Å². The number of carbonyl (C=O) groups excluding carboxylic acids is 1. The highest BCUT2D eigenvalue weighted by Crippen LogP contribution is 2.06. The Morgan fingerprint density at radius 2 is 2.09 bits per heavy atom. The summed E-state index contributed by atoms with van der Waals surface area (Å²) in [6.07, 6.45) is 2.59. The summed E-state index contributed by atoms with van der Waals surface area (Å²) >= 11 is 0. The third-order valence-corrected chi connectivity index (χ3v) is 1.37. The third kappa shape index (κ3) is 3.81. The van der Waals surface area contributed by atoms with E-state index in [-0.39, 0.29) is 11.9 Å². The van der Waals surface area contributed by atoms with Crippen molar-refractivity contribution >= 4 is 5.97 Å². The van der Waals surface area contributed by atoms with Crippen LogP contribution in [0.2, 0.25) is 0 Å². The minimum atomic E-state index is -0.153. The van der Waals surface area contributed by atoms with Crippen LogP contribution in [0.3, 0.4) is 0 Å². The van der Waals surface area contributed by atoms with Crippen molar-refractivity contribution in [2.24, 2.45) is 5.92 Å². The summed E-state index contributed by atoms with van der Waals surface area (Å²) in [7, 11) is 0. The summed E-state index contributed by atoms with van der Waals surface area (Å²) < 4.78 is 5.03. The van der Waals surface area contributed by atoms with Gasteiger partial charge in [-0.25, -0.2) is 0 Å².